The molecule has 0 bridgehead atoms. The molecule has 3 N–H and O–H groups in total. The molecule has 144 valence electrons. The summed E-state index contributed by atoms with van der Waals surface area (Å²) in [6.45, 7) is 7.54. The van der Waals surface area contributed by atoms with Gasteiger partial charge in [-0.1, -0.05) is 19.1 Å². The maximum absolute atomic E-state index is 11.4. The first-order valence-electron chi connectivity index (χ1n) is 9.48. The standard InChI is InChI=1S/C20H28N6O/c1-3-23-20(24-12-16-5-4-6-17(11-16)19(21)27)25-9-7-15(2)18(13-25)26-10-8-22-14-26/h4-6,8,10-11,14-15,18H,3,7,9,12-13H2,1-2H3,(H2,21,27)(H,23,24). The van der Waals surface area contributed by atoms with Gasteiger partial charge >= 0.3 is 0 Å². The fraction of sp³-hybridized carbons (Fsp3) is 0.450. The average molecular weight is 368 g/mol. The maximum Gasteiger partial charge on any atom is 0.248 e. The van der Waals surface area contributed by atoms with Gasteiger partial charge in [0.15, 0.2) is 5.96 Å². The molecule has 0 saturated carbocycles. The van der Waals surface area contributed by atoms with Gasteiger partial charge < -0.3 is 20.5 Å². The molecule has 1 aliphatic rings. The molecule has 1 aliphatic heterocycles. The summed E-state index contributed by atoms with van der Waals surface area (Å²) in [5.41, 5.74) is 6.86. The summed E-state index contributed by atoms with van der Waals surface area (Å²) in [5, 5.41) is 3.40. The first-order chi connectivity index (χ1) is 13.1. The van der Waals surface area contributed by atoms with E-state index < -0.39 is 5.91 Å². The molecule has 0 aliphatic carbocycles. The first kappa shape index (κ1) is 18.9. The zero-order valence-corrected chi connectivity index (χ0v) is 16.0. The fourth-order valence-electron chi connectivity index (χ4n) is 3.51. The van der Waals surface area contributed by atoms with Crippen molar-refractivity contribution in [1.29, 1.82) is 0 Å². The van der Waals surface area contributed by atoms with E-state index in [4.69, 9.17) is 10.7 Å². The molecule has 2 atom stereocenters. The lowest BCUT2D eigenvalue weighted by molar-refractivity contribution is 0.1000. The molecule has 2 unspecified atom stereocenters. The third-order valence-electron chi connectivity index (χ3n) is 5.08. The number of benzene rings is 1. The van der Waals surface area contributed by atoms with Gasteiger partial charge in [-0.15, -0.1) is 0 Å². The van der Waals surface area contributed by atoms with Gasteiger partial charge in [0, 0.05) is 37.6 Å². The summed E-state index contributed by atoms with van der Waals surface area (Å²) in [5.74, 6) is 1.07. The topological polar surface area (TPSA) is 88.5 Å². The van der Waals surface area contributed by atoms with Crippen molar-refractivity contribution in [2.75, 3.05) is 19.6 Å². The Morgan fingerprint density at radius 3 is 3.00 bits per heavy atom. The number of nitrogens with one attached hydrogen (secondary N) is 1. The zero-order valence-electron chi connectivity index (χ0n) is 16.0. The molecule has 3 rings (SSSR count). The van der Waals surface area contributed by atoms with Crippen molar-refractivity contribution in [2.24, 2.45) is 16.6 Å². The van der Waals surface area contributed by atoms with E-state index in [-0.39, 0.29) is 0 Å². The SMILES string of the molecule is CCNC(=NCc1cccc(C(N)=O)c1)N1CCC(C)C(n2ccnc2)C1. The Bertz CT molecular complexity index is 786. The van der Waals surface area contributed by atoms with Crippen LogP contribution in [0, 0.1) is 5.92 Å². The van der Waals surface area contributed by atoms with Crippen LogP contribution in [0.2, 0.25) is 0 Å². The number of primary amides is 1. The van der Waals surface area contributed by atoms with Crippen LogP contribution in [0.5, 0.6) is 0 Å². The number of amides is 1. The van der Waals surface area contributed by atoms with Crippen molar-refractivity contribution in [3.8, 4) is 0 Å². The predicted octanol–water partition coefficient (Wildman–Crippen LogP) is 2.03. The van der Waals surface area contributed by atoms with E-state index in [1.54, 1.807) is 6.07 Å². The fourth-order valence-corrected chi connectivity index (χ4v) is 3.51. The van der Waals surface area contributed by atoms with Crippen LogP contribution in [0.1, 0.15) is 42.2 Å². The lowest BCUT2D eigenvalue weighted by atomic mass is 9.93. The second-order valence-electron chi connectivity index (χ2n) is 7.02. The van der Waals surface area contributed by atoms with E-state index in [1.165, 1.54) is 0 Å². The summed E-state index contributed by atoms with van der Waals surface area (Å²) in [7, 11) is 0. The highest BCUT2D eigenvalue weighted by Crippen LogP contribution is 2.27. The van der Waals surface area contributed by atoms with E-state index >= 15 is 0 Å². The Hall–Kier alpha value is -2.83. The van der Waals surface area contributed by atoms with E-state index in [0.29, 0.717) is 24.1 Å². The van der Waals surface area contributed by atoms with Gasteiger partial charge in [-0.25, -0.2) is 9.98 Å². The third-order valence-corrected chi connectivity index (χ3v) is 5.08. The van der Waals surface area contributed by atoms with Crippen molar-refractivity contribution in [1.82, 2.24) is 19.8 Å². The van der Waals surface area contributed by atoms with Gasteiger partial charge in [0.05, 0.1) is 18.9 Å². The molecule has 2 heterocycles. The van der Waals surface area contributed by atoms with Gasteiger partial charge in [-0.05, 0) is 37.0 Å². The largest absolute Gasteiger partial charge is 0.366 e. The first-order valence-corrected chi connectivity index (χ1v) is 9.48. The van der Waals surface area contributed by atoms with Gasteiger partial charge in [-0.3, -0.25) is 4.79 Å². The van der Waals surface area contributed by atoms with Gasteiger partial charge in [-0.2, -0.15) is 0 Å². The minimum absolute atomic E-state index is 0.378. The summed E-state index contributed by atoms with van der Waals surface area (Å²) in [4.78, 5) is 22.7. The minimum Gasteiger partial charge on any atom is -0.366 e. The normalized spacial score (nSPS) is 20.5. The van der Waals surface area contributed by atoms with E-state index in [2.05, 4.69) is 33.6 Å². The Morgan fingerprint density at radius 2 is 2.30 bits per heavy atom. The lowest BCUT2D eigenvalue weighted by Crippen LogP contribution is -2.49. The van der Waals surface area contributed by atoms with Crippen molar-refractivity contribution in [3.63, 3.8) is 0 Å². The molecule has 1 amide bonds. The second kappa shape index (κ2) is 8.70. The van der Waals surface area contributed by atoms with E-state index in [1.807, 2.05) is 36.9 Å². The molecule has 0 spiro atoms. The van der Waals surface area contributed by atoms with Gasteiger partial charge in [0.2, 0.25) is 5.91 Å². The molecule has 2 aromatic rings. The van der Waals surface area contributed by atoms with Crippen LogP contribution in [0.4, 0.5) is 0 Å². The van der Waals surface area contributed by atoms with Crippen LogP contribution in [0.25, 0.3) is 0 Å². The Morgan fingerprint density at radius 1 is 1.44 bits per heavy atom. The number of hydrogen-bond donors (Lipinski definition) is 2. The Kier molecular flexibility index (Phi) is 6.11. The number of carbonyl (C=O) groups is 1. The predicted molar refractivity (Wildman–Crippen MR) is 106 cm³/mol. The lowest BCUT2D eigenvalue weighted by Gasteiger charge is -2.39. The van der Waals surface area contributed by atoms with Crippen molar-refractivity contribution < 1.29 is 4.79 Å². The minimum atomic E-state index is -0.416. The Balaban J connectivity index is 1.75. The summed E-state index contributed by atoms with van der Waals surface area (Å²) >= 11 is 0. The number of guanidine groups is 1. The molecule has 1 fully saturated rings. The summed E-state index contributed by atoms with van der Waals surface area (Å²) in [6.07, 6.45) is 6.86. The Labute approximate surface area is 160 Å². The number of rotatable bonds is 5. The zero-order chi connectivity index (χ0) is 19.2. The van der Waals surface area contributed by atoms with Crippen molar-refractivity contribution in [3.05, 3.63) is 54.1 Å². The molecule has 0 radical (unpaired) electrons. The van der Waals surface area contributed by atoms with Crippen molar-refractivity contribution >= 4 is 11.9 Å². The molecular weight excluding hydrogens is 340 g/mol. The second-order valence-corrected chi connectivity index (χ2v) is 7.02. The van der Waals surface area contributed by atoms with Crippen LogP contribution in [-0.4, -0.2) is 46.0 Å². The van der Waals surface area contributed by atoms with Gasteiger partial charge in [0.1, 0.15) is 0 Å². The highest BCUT2D eigenvalue weighted by Gasteiger charge is 2.28. The number of nitrogens with two attached hydrogens (primary N) is 1. The van der Waals surface area contributed by atoms with Crippen LogP contribution < -0.4 is 11.1 Å². The highest BCUT2D eigenvalue weighted by atomic mass is 16.1. The number of carbonyl (C=O) groups excluding carboxylic acids is 1. The smallest absolute Gasteiger partial charge is 0.248 e. The maximum atomic E-state index is 11.4. The quantitative estimate of drug-likeness (QED) is 0.624. The highest BCUT2D eigenvalue weighted by molar-refractivity contribution is 5.92. The number of imidazole rings is 1. The van der Waals surface area contributed by atoms with Crippen LogP contribution >= 0.6 is 0 Å². The molecule has 27 heavy (non-hydrogen) atoms. The molecular formula is C20H28N6O. The monoisotopic (exact) mass is 368 g/mol. The number of likely N-dealkylation sites (tertiary alicyclic amines) is 1. The summed E-state index contributed by atoms with van der Waals surface area (Å²) in [6, 6.07) is 7.72. The van der Waals surface area contributed by atoms with Crippen LogP contribution in [0.3, 0.4) is 0 Å². The summed E-state index contributed by atoms with van der Waals surface area (Å²) < 4.78 is 2.19. The van der Waals surface area contributed by atoms with E-state index in [9.17, 15) is 4.79 Å². The van der Waals surface area contributed by atoms with Crippen molar-refractivity contribution in [2.45, 2.75) is 32.9 Å². The molecule has 1 aromatic carbocycles. The number of piperidine rings is 1. The number of aromatic nitrogens is 2. The third kappa shape index (κ3) is 4.67. The number of aliphatic imine (C=N–C) groups is 1. The number of hydrogen-bond acceptors (Lipinski definition) is 3. The molecule has 7 nitrogen and oxygen atoms in total. The molecule has 1 saturated heterocycles. The van der Waals surface area contributed by atoms with Gasteiger partial charge in [0.25, 0.3) is 0 Å². The van der Waals surface area contributed by atoms with Crippen LogP contribution in [-0.2, 0) is 6.54 Å². The molecule has 1 aromatic heterocycles. The number of nitrogens with zero attached hydrogens (tertiary/aromatic N) is 4. The van der Waals surface area contributed by atoms with E-state index in [0.717, 1.165) is 37.6 Å². The molecule has 7 heteroatoms. The average Bonchev–Trinajstić information content (AvgIpc) is 3.20. The van der Waals surface area contributed by atoms with Crippen LogP contribution in [0.15, 0.2) is 48.0 Å².